The average molecular weight is 457 g/mol. The van der Waals surface area contributed by atoms with Crippen LogP contribution in [0.4, 0.5) is 4.79 Å². The summed E-state index contributed by atoms with van der Waals surface area (Å²) in [5, 5.41) is 12.5. The summed E-state index contributed by atoms with van der Waals surface area (Å²) in [6.07, 6.45) is 3.56. The predicted octanol–water partition coefficient (Wildman–Crippen LogP) is 1.35. The van der Waals surface area contributed by atoms with E-state index < -0.39 is 23.2 Å². The van der Waals surface area contributed by atoms with Crippen molar-refractivity contribution in [2.75, 3.05) is 40.3 Å². The molecule has 178 valence electrons. The van der Waals surface area contributed by atoms with Crippen molar-refractivity contribution in [3.05, 3.63) is 23.3 Å². The Kier molecular flexibility index (Phi) is 4.49. The van der Waals surface area contributed by atoms with Gasteiger partial charge >= 0.3 is 6.09 Å². The molecule has 2 bridgehead atoms. The van der Waals surface area contributed by atoms with Crippen LogP contribution in [-0.4, -0.2) is 84.4 Å². The summed E-state index contributed by atoms with van der Waals surface area (Å²) in [6.45, 7) is 2.72. The number of amides is 1. The molecule has 1 unspecified atom stereocenters. The van der Waals surface area contributed by atoms with Crippen molar-refractivity contribution in [3.63, 3.8) is 0 Å². The second-order valence-electron chi connectivity index (χ2n) is 11.2. The van der Waals surface area contributed by atoms with E-state index in [0.717, 1.165) is 41.0 Å². The minimum atomic E-state index is -1.01. The molecule has 8 nitrogen and oxygen atoms in total. The number of likely N-dealkylation sites (tertiary alicyclic amines) is 1. The number of nitrogens with two attached hydrogens (primary N) is 1. The molecule has 8 heteroatoms. The Morgan fingerprint density at radius 2 is 2.15 bits per heavy atom. The molecule has 1 saturated heterocycles. The second-order valence-corrected chi connectivity index (χ2v) is 11.2. The number of aliphatic hydroxyl groups is 1. The van der Waals surface area contributed by atoms with Gasteiger partial charge in [-0.2, -0.15) is 0 Å². The van der Waals surface area contributed by atoms with Gasteiger partial charge in [-0.05, 0) is 30.9 Å². The third-order valence-corrected chi connectivity index (χ3v) is 9.23. The van der Waals surface area contributed by atoms with E-state index >= 15 is 0 Å². The third kappa shape index (κ3) is 2.74. The molecule has 0 radical (unpaired) electrons. The number of benzene rings is 1. The maximum Gasteiger partial charge on any atom is 0.415 e. The van der Waals surface area contributed by atoms with Crippen LogP contribution in [0.25, 0.3) is 0 Å². The molecule has 1 aromatic rings. The summed E-state index contributed by atoms with van der Waals surface area (Å²) in [6, 6.07) is 3.83. The number of ketones is 1. The summed E-state index contributed by atoms with van der Waals surface area (Å²) in [7, 11) is 3.93. The summed E-state index contributed by atoms with van der Waals surface area (Å²) >= 11 is 0. The van der Waals surface area contributed by atoms with Gasteiger partial charge in [-0.3, -0.25) is 4.79 Å². The van der Waals surface area contributed by atoms with Crippen LogP contribution in [0.1, 0.15) is 43.2 Å². The smallest absolute Gasteiger partial charge is 0.415 e. The number of hydrogen-bond donors (Lipinski definition) is 2. The van der Waals surface area contributed by atoms with E-state index in [0.29, 0.717) is 43.9 Å². The highest BCUT2D eigenvalue weighted by atomic mass is 16.6. The molecular weight excluding hydrogens is 422 g/mol. The van der Waals surface area contributed by atoms with E-state index in [1.165, 1.54) is 17.7 Å². The van der Waals surface area contributed by atoms with Crippen molar-refractivity contribution in [2.45, 2.75) is 61.7 Å². The highest BCUT2D eigenvalue weighted by molar-refractivity contribution is 5.90. The number of rotatable bonds is 5. The first-order valence-corrected chi connectivity index (χ1v) is 12.3. The largest absolute Gasteiger partial charge is 0.477 e. The molecule has 6 rings (SSSR count). The number of nitrogens with zero attached hydrogens (tertiary/aromatic N) is 2. The number of ether oxygens (including phenoxy) is 2. The number of piperidine rings is 1. The van der Waals surface area contributed by atoms with E-state index in [2.05, 4.69) is 7.05 Å². The molecule has 5 aliphatic rings. The summed E-state index contributed by atoms with van der Waals surface area (Å²) < 4.78 is 12.9. The predicted molar refractivity (Wildman–Crippen MR) is 120 cm³/mol. The molecule has 2 saturated carbocycles. The van der Waals surface area contributed by atoms with Crippen LogP contribution in [0.5, 0.6) is 11.5 Å². The zero-order valence-corrected chi connectivity index (χ0v) is 19.5. The summed E-state index contributed by atoms with van der Waals surface area (Å²) in [5.41, 5.74) is 5.83. The fourth-order valence-electron chi connectivity index (χ4n) is 7.47. The lowest BCUT2D eigenvalue weighted by Crippen LogP contribution is -2.80. The molecule has 5 atom stereocenters. The Labute approximate surface area is 194 Å². The number of carbonyl (C=O) groups excluding carboxylic acids is 2. The van der Waals surface area contributed by atoms with Crippen molar-refractivity contribution in [2.24, 2.45) is 11.7 Å². The first kappa shape index (κ1) is 21.4. The molecule has 2 aliphatic heterocycles. The Morgan fingerprint density at radius 1 is 1.36 bits per heavy atom. The lowest BCUT2D eigenvalue weighted by Gasteiger charge is -2.64. The van der Waals surface area contributed by atoms with Gasteiger partial charge in [0.2, 0.25) is 0 Å². The molecule has 33 heavy (non-hydrogen) atoms. The van der Waals surface area contributed by atoms with Gasteiger partial charge in [0.1, 0.15) is 11.6 Å². The minimum absolute atomic E-state index is 0.0357. The molecule has 3 aliphatic carbocycles. The van der Waals surface area contributed by atoms with Crippen LogP contribution in [-0.2, 0) is 16.6 Å². The number of hydrogen-bond acceptors (Lipinski definition) is 6. The first-order chi connectivity index (χ1) is 15.7. The summed E-state index contributed by atoms with van der Waals surface area (Å²) in [4.78, 5) is 27.2. The van der Waals surface area contributed by atoms with Crippen molar-refractivity contribution in [3.8, 4) is 11.5 Å². The molecule has 1 amide bonds. The third-order valence-electron chi connectivity index (χ3n) is 9.23. The van der Waals surface area contributed by atoms with Crippen LogP contribution in [0.3, 0.4) is 0 Å². The fourth-order valence-corrected chi connectivity index (χ4v) is 7.47. The highest BCUT2D eigenvalue weighted by Crippen LogP contribution is 2.66. The van der Waals surface area contributed by atoms with Crippen molar-refractivity contribution in [1.82, 2.24) is 4.90 Å². The maximum atomic E-state index is 13.2. The van der Waals surface area contributed by atoms with Crippen LogP contribution < -0.4 is 15.2 Å². The Balaban J connectivity index is 1.46. The van der Waals surface area contributed by atoms with Crippen LogP contribution in [0, 0.1) is 5.92 Å². The van der Waals surface area contributed by atoms with Crippen LogP contribution >= 0.6 is 0 Å². The van der Waals surface area contributed by atoms with Gasteiger partial charge in [-0.15, -0.1) is 0 Å². The van der Waals surface area contributed by atoms with Gasteiger partial charge in [-0.25, -0.2) is 4.79 Å². The Bertz CT molecular complexity index is 1040. The second kappa shape index (κ2) is 6.93. The Morgan fingerprint density at radius 3 is 2.88 bits per heavy atom. The molecule has 1 aromatic carbocycles. The molecule has 3 fully saturated rings. The Hall–Kier alpha value is -2.16. The fraction of sp³-hybridized carbons (Fsp3) is 0.680. The van der Waals surface area contributed by atoms with Crippen molar-refractivity contribution >= 4 is 11.9 Å². The number of likely N-dealkylation sites (N-methyl/N-ethyl adjacent to an activating group) is 2. The monoisotopic (exact) mass is 456 g/mol. The van der Waals surface area contributed by atoms with Gasteiger partial charge in [0.05, 0.1) is 25.6 Å². The van der Waals surface area contributed by atoms with Gasteiger partial charge in [0.15, 0.2) is 23.4 Å². The molecule has 1 spiro atoms. The molecule has 3 N–H and O–H groups in total. The van der Waals surface area contributed by atoms with Crippen LogP contribution in [0.15, 0.2) is 12.1 Å². The van der Waals surface area contributed by atoms with Gasteiger partial charge in [-0.1, -0.05) is 6.07 Å². The average Bonchev–Trinajstić information content (AvgIpc) is 3.50. The quantitative estimate of drug-likeness (QED) is 0.649. The first-order valence-electron chi connectivity index (χ1n) is 12.3. The van der Waals surface area contributed by atoms with E-state index in [1.807, 2.05) is 6.07 Å². The van der Waals surface area contributed by atoms with E-state index in [4.69, 9.17) is 15.2 Å². The van der Waals surface area contributed by atoms with E-state index in [-0.39, 0.29) is 11.8 Å². The number of carbonyl (C=O) groups is 2. The van der Waals surface area contributed by atoms with Crippen molar-refractivity contribution < 1.29 is 28.7 Å². The molecular formula is C25H34N3O5+. The van der Waals surface area contributed by atoms with Gasteiger partial charge in [0.25, 0.3) is 0 Å². The zero-order chi connectivity index (χ0) is 23.2. The van der Waals surface area contributed by atoms with Gasteiger partial charge in [0, 0.05) is 50.9 Å². The zero-order valence-electron chi connectivity index (χ0n) is 19.5. The van der Waals surface area contributed by atoms with Crippen LogP contribution in [0.2, 0.25) is 0 Å². The van der Waals surface area contributed by atoms with Gasteiger partial charge < -0.3 is 29.7 Å². The molecule has 2 heterocycles. The molecule has 0 aromatic heterocycles. The SMILES string of the molecule is CN(CCN)C(=O)Oc1ccc2c3c1OC1C(=O)CC[C@@]4(O)[C@@H](C2)[N@+](C)(CC2CC2)CC[C@]314. The normalized spacial score (nSPS) is 37.9. The lowest BCUT2D eigenvalue weighted by molar-refractivity contribution is -0.950. The van der Waals surface area contributed by atoms with E-state index in [9.17, 15) is 14.7 Å². The maximum absolute atomic E-state index is 13.2. The standard InChI is InChI=1S/C25H34N3O5/c1-27(11-10-26)23(30)32-18-6-5-16-13-19-25(31)8-7-17(29)22-24(25,20(16)21(18)33-22)9-12-28(19,2)14-15-3-4-15/h5-6,15,19,22,31H,3-4,7-14,26H2,1-2H3/q+1/t19-,22?,24+,25-,28+/m1/s1. The number of Topliss-reactive ketones (excluding diaryl/α,β-unsaturated/α-hetero) is 1. The summed E-state index contributed by atoms with van der Waals surface area (Å²) in [5.74, 6) is 1.58. The topological polar surface area (TPSA) is 102 Å². The minimum Gasteiger partial charge on any atom is -0.477 e. The number of quaternary nitrogens is 1. The van der Waals surface area contributed by atoms with E-state index in [1.54, 1.807) is 13.1 Å². The lowest BCUT2D eigenvalue weighted by atomic mass is 9.48. The van der Waals surface area contributed by atoms with Crippen molar-refractivity contribution in [1.29, 1.82) is 0 Å². The highest BCUT2D eigenvalue weighted by Gasteiger charge is 2.76.